The van der Waals surface area contributed by atoms with E-state index in [9.17, 15) is 9.59 Å². The second-order valence-electron chi connectivity index (χ2n) is 3.57. The van der Waals surface area contributed by atoms with Crippen LogP contribution >= 0.6 is 50.7 Å². The maximum atomic E-state index is 11.8. The molecule has 2 atom stereocenters. The van der Waals surface area contributed by atoms with Crippen LogP contribution in [0.1, 0.15) is 25.7 Å². The van der Waals surface area contributed by atoms with E-state index in [1.54, 1.807) is 0 Å². The van der Waals surface area contributed by atoms with Crippen LogP contribution in [-0.2, 0) is 9.59 Å². The first-order valence-corrected chi connectivity index (χ1v) is 6.68. The Hall–Kier alpha value is 0.690. The molecule has 0 heterocycles. The van der Waals surface area contributed by atoms with Crippen LogP contribution in [0.3, 0.4) is 0 Å². The number of hydrogen-bond donors (Lipinski definition) is 0. The molecule has 86 valence electrons. The largest absolute Gasteiger partial charge is 0.298 e. The Labute approximate surface area is 112 Å². The van der Waals surface area contributed by atoms with Gasteiger partial charge in [0.25, 0.3) is 0 Å². The number of ketones is 2. The fraction of sp³-hybridized carbons (Fsp3) is 0.778. The normalized spacial score (nSPS) is 28.7. The van der Waals surface area contributed by atoms with Gasteiger partial charge in [0, 0.05) is 0 Å². The van der Waals surface area contributed by atoms with Gasteiger partial charge in [-0.3, -0.25) is 9.59 Å². The molecule has 0 aromatic heterocycles. The van der Waals surface area contributed by atoms with Gasteiger partial charge in [0.05, 0.1) is 10.7 Å². The number of rotatable bonds is 1. The zero-order chi connectivity index (χ0) is 11.6. The highest BCUT2D eigenvalue weighted by Gasteiger charge is 2.42. The van der Waals surface area contributed by atoms with Gasteiger partial charge in [-0.2, -0.15) is 0 Å². The Morgan fingerprint density at radius 3 is 2.33 bits per heavy atom. The van der Waals surface area contributed by atoms with Gasteiger partial charge >= 0.3 is 0 Å². The van der Waals surface area contributed by atoms with E-state index in [1.165, 1.54) is 0 Å². The molecule has 0 amide bonds. The second kappa shape index (κ2) is 5.35. The maximum absolute atomic E-state index is 11.8. The van der Waals surface area contributed by atoms with E-state index in [4.69, 9.17) is 34.8 Å². The first-order chi connectivity index (χ1) is 6.84. The minimum Gasteiger partial charge on any atom is -0.298 e. The highest BCUT2D eigenvalue weighted by Crippen LogP contribution is 2.35. The van der Waals surface area contributed by atoms with Crippen molar-refractivity contribution in [2.45, 2.75) is 34.3 Å². The van der Waals surface area contributed by atoms with Crippen molar-refractivity contribution in [1.29, 1.82) is 0 Å². The molecule has 1 aliphatic carbocycles. The zero-order valence-electron chi connectivity index (χ0n) is 7.81. The van der Waals surface area contributed by atoms with Gasteiger partial charge in [-0.1, -0.05) is 63.6 Å². The number of halogens is 4. The summed E-state index contributed by atoms with van der Waals surface area (Å²) in [7, 11) is 0. The summed E-state index contributed by atoms with van der Waals surface area (Å²) in [6, 6.07) is 0. The van der Waals surface area contributed by atoms with Crippen molar-refractivity contribution in [1.82, 2.24) is 0 Å². The van der Waals surface area contributed by atoms with Crippen LogP contribution in [0, 0.1) is 5.92 Å². The van der Waals surface area contributed by atoms with E-state index in [1.807, 2.05) is 0 Å². The quantitative estimate of drug-likeness (QED) is 0.417. The van der Waals surface area contributed by atoms with E-state index >= 15 is 0 Å². The maximum Gasteiger partial charge on any atom is 0.249 e. The molecule has 2 unspecified atom stereocenters. The Morgan fingerprint density at radius 2 is 1.80 bits per heavy atom. The van der Waals surface area contributed by atoms with Crippen molar-refractivity contribution >= 4 is 62.3 Å². The van der Waals surface area contributed by atoms with Crippen LogP contribution < -0.4 is 0 Å². The molecule has 1 rings (SSSR count). The van der Waals surface area contributed by atoms with E-state index in [2.05, 4.69) is 15.9 Å². The van der Waals surface area contributed by atoms with Crippen molar-refractivity contribution in [3.05, 3.63) is 0 Å². The average molecular weight is 336 g/mol. The molecule has 0 aliphatic heterocycles. The minimum absolute atomic E-state index is 0.163. The highest BCUT2D eigenvalue weighted by molar-refractivity contribution is 9.10. The molecule has 1 fully saturated rings. The zero-order valence-corrected chi connectivity index (χ0v) is 11.7. The minimum atomic E-state index is -1.99. The molecule has 1 saturated carbocycles. The molecule has 0 N–H and O–H groups in total. The molecule has 0 aromatic carbocycles. The third-order valence-corrected chi connectivity index (χ3v) is 3.92. The molecule has 0 aromatic rings. The standard InChI is InChI=1S/C9H10BrCl3O2/c10-6-4-2-1-3-5(7(6)14)8(15)9(11,12)13/h5-6H,1-4H2. The van der Waals surface area contributed by atoms with Gasteiger partial charge in [0.1, 0.15) is 0 Å². The summed E-state index contributed by atoms with van der Waals surface area (Å²) in [6.45, 7) is 0. The molecule has 1 aliphatic rings. The predicted molar refractivity (Wildman–Crippen MR) is 65.0 cm³/mol. The lowest BCUT2D eigenvalue weighted by Gasteiger charge is -2.18. The molecule has 6 heteroatoms. The Morgan fingerprint density at radius 1 is 1.27 bits per heavy atom. The number of Topliss-reactive ketones (excluding diaryl/α,β-unsaturated/α-hetero) is 2. The summed E-state index contributed by atoms with van der Waals surface area (Å²) < 4.78 is -1.99. The van der Waals surface area contributed by atoms with Crippen molar-refractivity contribution in [2.24, 2.45) is 5.92 Å². The lowest BCUT2D eigenvalue weighted by atomic mass is 9.95. The van der Waals surface area contributed by atoms with Crippen molar-refractivity contribution < 1.29 is 9.59 Å². The molecule has 0 saturated heterocycles. The molecule has 2 nitrogen and oxygen atoms in total. The number of hydrogen-bond acceptors (Lipinski definition) is 2. The lowest BCUT2D eigenvalue weighted by Crippen LogP contribution is -2.35. The van der Waals surface area contributed by atoms with Crippen LogP contribution in [0.5, 0.6) is 0 Å². The van der Waals surface area contributed by atoms with E-state index in [0.29, 0.717) is 6.42 Å². The van der Waals surface area contributed by atoms with Gasteiger partial charge in [-0.25, -0.2) is 0 Å². The highest BCUT2D eigenvalue weighted by atomic mass is 79.9. The third kappa shape index (κ3) is 3.58. The monoisotopic (exact) mass is 334 g/mol. The van der Waals surface area contributed by atoms with Crippen LogP contribution in [-0.4, -0.2) is 20.2 Å². The van der Waals surface area contributed by atoms with Gasteiger partial charge in [0.2, 0.25) is 3.79 Å². The van der Waals surface area contributed by atoms with Crippen molar-refractivity contribution in [3.8, 4) is 0 Å². The molecular weight excluding hydrogens is 326 g/mol. The number of carbonyl (C=O) groups excluding carboxylic acids is 2. The molecule has 0 radical (unpaired) electrons. The number of alkyl halides is 4. The van der Waals surface area contributed by atoms with E-state index < -0.39 is 15.5 Å². The van der Waals surface area contributed by atoms with Crippen LogP contribution in [0.4, 0.5) is 0 Å². The Balaban J connectivity index is 2.83. The third-order valence-electron chi connectivity index (χ3n) is 2.45. The molecule has 0 bridgehead atoms. The van der Waals surface area contributed by atoms with Crippen LogP contribution in [0.25, 0.3) is 0 Å². The lowest BCUT2D eigenvalue weighted by molar-refractivity contribution is -0.131. The van der Waals surface area contributed by atoms with Gasteiger partial charge < -0.3 is 0 Å². The summed E-state index contributed by atoms with van der Waals surface area (Å²) in [6.07, 6.45) is 2.94. The summed E-state index contributed by atoms with van der Waals surface area (Å²) >= 11 is 19.7. The fourth-order valence-corrected chi connectivity index (χ4v) is 2.67. The Bertz CT molecular complexity index is 275. The van der Waals surface area contributed by atoms with Crippen LogP contribution in [0.15, 0.2) is 0 Å². The smallest absolute Gasteiger partial charge is 0.249 e. The molecule has 15 heavy (non-hydrogen) atoms. The van der Waals surface area contributed by atoms with Gasteiger partial charge in [0.15, 0.2) is 11.6 Å². The van der Waals surface area contributed by atoms with Gasteiger partial charge in [-0.15, -0.1) is 0 Å². The first-order valence-electron chi connectivity index (χ1n) is 4.63. The van der Waals surface area contributed by atoms with Crippen molar-refractivity contribution in [3.63, 3.8) is 0 Å². The summed E-state index contributed by atoms with van der Waals surface area (Å²) in [5.74, 6) is -1.54. The molecular formula is C9H10BrCl3O2. The summed E-state index contributed by atoms with van der Waals surface area (Å²) in [4.78, 5) is 23.2. The second-order valence-corrected chi connectivity index (χ2v) is 6.96. The summed E-state index contributed by atoms with van der Waals surface area (Å²) in [5, 5.41) is 0. The average Bonchev–Trinajstić information content (AvgIpc) is 2.28. The fourth-order valence-electron chi connectivity index (χ4n) is 1.63. The van der Waals surface area contributed by atoms with E-state index in [-0.39, 0.29) is 10.6 Å². The van der Waals surface area contributed by atoms with E-state index in [0.717, 1.165) is 19.3 Å². The van der Waals surface area contributed by atoms with Crippen LogP contribution in [0.2, 0.25) is 0 Å². The molecule has 0 spiro atoms. The van der Waals surface area contributed by atoms with Crippen molar-refractivity contribution in [2.75, 3.05) is 0 Å². The number of carbonyl (C=O) groups is 2. The summed E-state index contributed by atoms with van der Waals surface area (Å²) in [5.41, 5.74) is 0. The van der Waals surface area contributed by atoms with Gasteiger partial charge in [-0.05, 0) is 12.8 Å². The SMILES string of the molecule is O=C1C(Br)CCCCC1C(=O)C(Cl)(Cl)Cl. The topological polar surface area (TPSA) is 34.1 Å². The Kier molecular flexibility index (Phi) is 4.90. The first kappa shape index (κ1) is 13.8. The predicted octanol–water partition coefficient (Wildman–Crippen LogP) is 3.45.